The quantitative estimate of drug-likeness (QED) is 0.0871. The summed E-state index contributed by atoms with van der Waals surface area (Å²) in [6.07, 6.45) is -1.27. The Hall–Kier alpha value is -6.02. The fourth-order valence-corrected chi connectivity index (χ4v) is 7.72. The standard InChI is InChI=1S/C40H36BrN3O10/c1-40(39(48)52-5)35(54-38(47)22-14-10-7-11-15-22)30-29-24(19-41)20-44(26(29)18-27(32(30)43-40)53-37(46)21-12-8-6-9-13-21)36(45)25-16-23-17-28(49-2)33(50-3)34(51-4)31(23)42-25/h6-18,24,35,42-43H,19-20H2,1-5H3/t24-,35-,40-/m1/s1. The second kappa shape index (κ2) is 14.4. The van der Waals surface area contributed by atoms with Crippen LogP contribution < -0.4 is 29.2 Å². The first-order chi connectivity index (χ1) is 26.1. The highest BCUT2D eigenvalue weighted by molar-refractivity contribution is 9.09. The van der Waals surface area contributed by atoms with Crippen molar-refractivity contribution < 1.29 is 47.6 Å². The zero-order valence-corrected chi connectivity index (χ0v) is 31.6. The SMILES string of the molecule is COC(=O)[C@]1(C)Nc2c(OC(=O)c3ccccc3)cc3c(c2[C@H]1OC(=O)c1ccccc1)[C@H](CBr)CN3C(=O)c1cc2cc(OC)c(OC)c(OC)c2[nH]1. The van der Waals surface area contributed by atoms with Gasteiger partial charge in [0.25, 0.3) is 5.91 Å². The van der Waals surface area contributed by atoms with Gasteiger partial charge in [-0.05, 0) is 48.9 Å². The first-order valence-corrected chi connectivity index (χ1v) is 18.0. The highest BCUT2D eigenvalue weighted by atomic mass is 79.9. The van der Waals surface area contributed by atoms with Crippen molar-refractivity contribution in [3.63, 3.8) is 0 Å². The molecule has 3 atom stereocenters. The van der Waals surface area contributed by atoms with E-state index in [1.165, 1.54) is 28.4 Å². The Bertz CT molecular complexity index is 2290. The zero-order chi connectivity index (χ0) is 38.3. The van der Waals surface area contributed by atoms with Gasteiger partial charge < -0.3 is 43.6 Å². The second-order valence-corrected chi connectivity index (χ2v) is 13.5. The normalized spacial score (nSPS) is 18.3. The summed E-state index contributed by atoms with van der Waals surface area (Å²) in [7, 11) is 5.73. The van der Waals surface area contributed by atoms with Gasteiger partial charge in [0.2, 0.25) is 5.75 Å². The van der Waals surface area contributed by atoms with Crippen molar-refractivity contribution in [2.24, 2.45) is 0 Å². The summed E-state index contributed by atoms with van der Waals surface area (Å²) in [5, 5.41) is 4.24. The lowest BCUT2D eigenvalue weighted by atomic mass is 9.87. The predicted molar refractivity (Wildman–Crippen MR) is 203 cm³/mol. The Labute approximate surface area is 318 Å². The smallest absolute Gasteiger partial charge is 0.343 e. The lowest BCUT2D eigenvalue weighted by molar-refractivity contribution is -0.149. The number of aromatic nitrogens is 1. The van der Waals surface area contributed by atoms with Crippen LogP contribution in [0.5, 0.6) is 23.0 Å². The number of amides is 1. The van der Waals surface area contributed by atoms with Crippen LogP contribution in [0.25, 0.3) is 10.9 Å². The molecule has 0 bridgehead atoms. The highest BCUT2D eigenvalue weighted by Gasteiger charge is 2.56. The average Bonchev–Trinajstić information content (AvgIpc) is 3.89. The third-order valence-corrected chi connectivity index (χ3v) is 10.5. The first kappa shape index (κ1) is 36.3. The number of H-pyrrole nitrogens is 1. The van der Waals surface area contributed by atoms with Gasteiger partial charge in [0.15, 0.2) is 28.9 Å². The summed E-state index contributed by atoms with van der Waals surface area (Å²) in [6.45, 7) is 1.74. The molecule has 54 heavy (non-hydrogen) atoms. The van der Waals surface area contributed by atoms with E-state index in [2.05, 4.69) is 26.2 Å². The Morgan fingerprint density at radius 3 is 2.06 bits per heavy atom. The van der Waals surface area contributed by atoms with E-state index in [-0.39, 0.29) is 40.7 Å². The minimum Gasteiger partial charge on any atom is -0.493 e. The number of alkyl halides is 1. The molecule has 2 aliphatic rings. The van der Waals surface area contributed by atoms with E-state index in [1.807, 2.05) is 0 Å². The van der Waals surface area contributed by atoms with Gasteiger partial charge in [0.1, 0.15) is 5.69 Å². The molecule has 2 N–H and O–H groups in total. The fourth-order valence-electron chi connectivity index (χ4n) is 7.19. The van der Waals surface area contributed by atoms with E-state index in [1.54, 1.807) is 90.7 Å². The van der Waals surface area contributed by atoms with Crippen molar-refractivity contribution in [3.8, 4) is 23.0 Å². The molecule has 0 aliphatic carbocycles. The number of hydrogen-bond donors (Lipinski definition) is 2. The molecule has 14 heteroatoms. The fraction of sp³-hybridized carbons (Fsp3) is 0.250. The van der Waals surface area contributed by atoms with Crippen LogP contribution in [-0.2, 0) is 14.3 Å². The Kier molecular flexibility index (Phi) is 9.71. The second-order valence-electron chi connectivity index (χ2n) is 12.9. The third kappa shape index (κ3) is 5.96. The summed E-state index contributed by atoms with van der Waals surface area (Å²) in [6, 6.07) is 21.8. The molecule has 7 rings (SSSR count). The van der Waals surface area contributed by atoms with Crippen molar-refractivity contribution in [1.82, 2.24) is 4.98 Å². The zero-order valence-electron chi connectivity index (χ0n) is 30.0. The van der Waals surface area contributed by atoms with E-state index in [0.717, 1.165) is 0 Å². The van der Waals surface area contributed by atoms with Crippen molar-refractivity contribution >= 4 is 62.0 Å². The monoisotopic (exact) mass is 797 g/mol. The van der Waals surface area contributed by atoms with Gasteiger partial charge in [-0.3, -0.25) is 4.79 Å². The van der Waals surface area contributed by atoms with Crippen LogP contribution in [0.15, 0.2) is 78.9 Å². The number of fused-ring (bicyclic) bond motifs is 4. The molecule has 0 saturated heterocycles. The molecule has 4 aromatic carbocycles. The van der Waals surface area contributed by atoms with Crippen LogP contribution in [0.1, 0.15) is 61.3 Å². The van der Waals surface area contributed by atoms with Crippen LogP contribution >= 0.6 is 15.9 Å². The summed E-state index contributed by atoms with van der Waals surface area (Å²) in [5.41, 5.74) is 1.29. The number of halogens is 1. The lowest BCUT2D eigenvalue weighted by Crippen LogP contribution is -2.47. The van der Waals surface area contributed by atoms with Crippen LogP contribution in [-0.4, -0.2) is 74.7 Å². The Morgan fingerprint density at radius 2 is 1.46 bits per heavy atom. The van der Waals surface area contributed by atoms with Crippen molar-refractivity contribution in [1.29, 1.82) is 0 Å². The number of ether oxygens (including phenoxy) is 6. The minimum absolute atomic E-state index is 0.0202. The highest BCUT2D eigenvalue weighted by Crippen LogP contribution is 2.57. The molecule has 0 unspecified atom stereocenters. The Balaban J connectivity index is 1.41. The van der Waals surface area contributed by atoms with E-state index in [4.69, 9.17) is 28.4 Å². The number of anilines is 2. The topological polar surface area (TPSA) is 155 Å². The van der Waals surface area contributed by atoms with Gasteiger partial charge in [0.05, 0.1) is 56.5 Å². The van der Waals surface area contributed by atoms with Gasteiger partial charge in [0, 0.05) is 34.8 Å². The molecular formula is C40H36BrN3O10. The maximum Gasteiger partial charge on any atom is 0.343 e. The summed E-state index contributed by atoms with van der Waals surface area (Å²) >= 11 is 3.64. The molecule has 2 aliphatic heterocycles. The molecule has 13 nitrogen and oxygen atoms in total. The number of carbonyl (C=O) groups excluding carboxylic acids is 4. The number of methoxy groups -OCH3 is 4. The molecule has 1 amide bonds. The molecule has 0 radical (unpaired) electrons. The molecule has 0 fully saturated rings. The van der Waals surface area contributed by atoms with E-state index < -0.39 is 35.5 Å². The van der Waals surface area contributed by atoms with Gasteiger partial charge in [-0.1, -0.05) is 52.3 Å². The van der Waals surface area contributed by atoms with Gasteiger partial charge >= 0.3 is 17.9 Å². The number of carbonyl (C=O) groups is 4. The number of nitrogens with one attached hydrogen (secondary N) is 2. The maximum atomic E-state index is 14.6. The van der Waals surface area contributed by atoms with Gasteiger partial charge in [-0.2, -0.15) is 0 Å². The summed E-state index contributed by atoms with van der Waals surface area (Å²) in [4.78, 5) is 60.3. The average molecular weight is 799 g/mol. The van der Waals surface area contributed by atoms with E-state index in [0.29, 0.717) is 50.3 Å². The number of nitrogens with zero attached hydrogens (tertiary/aromatic N) is 1. The maximum absolute atomic E-state index is 14.6. The summed E-state index contributed by atoms with van der Waals surface area (Å²) < 4.78 is 34.2. The van der Waals surface area contributed by atoms with Crippen molar-refractivity contribution in [2.75, 3.05) is 50.5 Å². The Morgan fingerprint density at radius 1 is 0.815 bits per heavy atom. The van der Waals surface area contributed by atoms with Crippen molar-refractivity contribution in [3.05, 3.63) is 107 Å². The van der Waals surface area contributed by atoms with Crippen LogP contribution in [0.3, 0.4) is 0 Å². The van der Waals surface area contributed by atoms with Gasteiger partial charge in [-0.25, -0.2) is 14.4 Å². The number of hydrogen-bond acceptors (Lipinski definition) is 11. The van der Waals surface area contributed by atoms with Crippen LogP contribution in [0.2, 0.25) is 0 Å². The largest absolute Gasteiger partial charge is 0.493 e. The lowest BCUT2D eigenvalue weighted by Gasteiger charge is -2.29. The number of aromatic amines is 1. The first-order valence-electron chi connectivity index (χ1n) is 16.9. The predicted octanol–water partition coefficient (Wildman–Crippen LogP) is 6.81. The molecular weight excluding hydrogens is 762 g/mol. The minimum atomic E-state index is -1.66. The van der Waals surface area contributed by atoms with Crippen molar-refractivity contribution in [2.45, 2.75) is 24.5 Å². The third-order valence-electron chi connectivity index (χ3n) is 9.76. The van der Waals surface area contributed by atoms with Crippen LogP contribution in [0.4, 0.5) is 11.4 Å². The van der Waals surface area contributed by atoms with Gasteiger partial charge in [-0.15, -0.1) is 0 Å². The van der Waals surface area contributed by atoms with Crippen LogP contribution in [0, 0.1) is 0 Å². The molecule has 0 saturated carbocycles. The number of rotatable bonds is 10. The molecule has 0 spiro atoms. The van der Waals surface area contributed by atoms with E-state index >= 15 is 0 Å². The molecule has 278 valence electrons. The van der Waals surface area contributed by atoms with E-state index in [9.17, 15) is 19.2 Å². The molecule has 1 aromatic heterocycles. The molecule has 5 aromatic rings. The number of benzene rings is 4. The summed E-state index contributed by atoms with van der Waals surface area (Å²) in [5.74, 6) is -1.70. The number of esters is 3. The molecule has 3 heterocycles.